The van der Waals surface area contributed by atoms with E-state index >= 15 is 0 Å². The van der Waals surface area contributed by atoms with Crippen molar-refractivity contribution in [2.45, 2.75) is 26.3 Å². The Morgan fingerprint density at radius 2 is 2.32 bits per heavy atom. The van der Waals surface area contributed by atoms with Crippen molar-refractivity contribution in [2.75, 3.05) is 18.8 Å². The molecule has 0 atom stereocenters. The lowest BCUT2D eigenvalue weighted by molar-refractivity contribution is 0.258. The molecule has 0 aliphatic carbocycles. The highest BCUT2D eigenvalue weighted by molar-refractivity contribution is 7.09. The maximum Gasteiger partial charge on any atom is 0.0797 e. The first kappa shape index (κ1) is 12.6. The van der Waals surface area contributed by atoms with Crippen LogP contribution in [-0.2, 0) is 19.4 Å². The summed E-state index contributed by atoms with van der Waals surface area (Å²) < 4.78 is 0. The number of anilines is 1. The van der Waals surface area contributed by atoms with Gasteiger partial charge < -0.3 is 5.73 Å². The molecule has 3 nitrogen and oxygen atoms in total. The standard InChI is InChI=1S/C15H19N3S/c1-11-15(19-10-17-11)6-8-18-7-5-12-3-2-4-14(16)13(12)9-18/h2-4,10H,5-9,16H2,1H3. The predicted molar refractivity (Wildman–Crippen MR) is 80.4 cm³/mol. The number of benzene rings is 1. The maximum atomic E-state index is 6.08. The van der Waals surface area contributed by atoms with Gasteiger partial charge in [0.25, 0.3) is 0 Å². The smallest absolute Gasteiger partial charge is 0.0797 e. The minimum Gasteiger partial charge on any atom is -0.398 e. The molecule has 0 saturated carbocycles. The Kier molecular flexibility index (Phi) is 3.53. The van der Waals surface area contributed by atoms with Crippen LogP contribution in [0.1, 0.15) is 21.7 Å². The number of fused-ring (bicyclic) bond motifs is 1. The molecule has 2 heterocycles. The topological polar surface area (TPSA) is 42.2 Å². The van der Waals surface area contributed by atoms with E-state index in [2.05, 4.69) is 28.9 Å². The van der Waals surface area contributed by atoms with Crippen molar-refractivity contribution in [3.05, 3.63) is 45.4 Å². The first-order valence-electron chi connectivity index (χ1n) is 6.71. The molecule has 2 N–H and O–H groups in total. The van der Waals surface area contributed by atoms with Gasteiger partial charge >= 0.3 is 0 Å². The molecule has 3 rings (SSSR count). The predicted octanol–water partition coefficient (Wildman–Crippen LogP) is 2.63. The number of rotatable bonds is 3. The highest BCUT2D eigenvalue weighted by Gasteiger charge is 2.18. The van der Waals surface area contributed by atoms with E-state index < -0.39 is 0 Å². The van der Waals surface area contributed by atoms with E-state index in [1.54, 1.807) is 11.3 Å². The molecule has 0 unspecified atom stereocenters. The largest absolute Gasteiger partial charge is 0.398 e. The van der Waals surface area contributed by atoms with E-state index in [0.717, 1.165) is 38.2 Å². The summed E-state index contributed by atoms with van der Waals surface area (Å²) in [5.74, 6) is 0. The fourth-order valence-corrected chi connectivity index (χ4v) is 3.45. The fraction of sp³-hybridized carbons (Fsp3) is 0.400. The van der Waals surface area contributed by atoms with Crippen LogP contribution in [0.5, 0.6) is 0 Å². The first-order valence-corrected chi connectivity index (χ1v) is 7.59. The van der Waals surface area contributed by atoms with E-state index in [1.807, 2.05) is 11.6 Å². The van der Waals surface area contributed by atoms with E-state index in [-0.39, 0.29) is 0 Å². The molecule has 0 spiro atoms. The van der Waals surface area contributed by atoms with Crippen molar-refractivity contribution in [3.8, 4) is 0 Å². The molecule has 0 saturated heterocycles. The molecular weight excluding hydrogens is 254 g/mol. The quantitative estimate of drug-likeness (QED) is 0.874. The molecule has 0 bridgehead atoms. The number of aromatic nitrogens is 1. The van der Waals surface area contributed by atoms with Crippen molar-refractivity contribution >= 4 is 17.0 Å². The number of hydrogen-bond donors (Lipinski definition) is 1. The Balaban J connectivity index is 1.66. The van der Waals surface area contributed by atoms with Gasteiger partial charge in [0, 0.05) is 30.2 Å². The second-order valence-electron chi connectivity index (χ2n) is 5.12. The number of nitrogens with zero attached hydrogens (tertiary/aromatic N) is 2. The molecule has 100 valence electrons. The van der Waals surface area contributed by atoms with Gasteiger partial charge in [-0.25, -0.2) is 4.98 Å². The highest BCUT2D eigenvalue weighted by Crippen LogP contribution is 2.24. The molecule has 4 heteroatoms. The lowest BCUT2D eigenvalue weighted by Gasteiger charge is -2.29. The van der Waals surface area contributed by atoms with Crippen LogP contribution in [0.4, 0.5) is 5.69 Å². The minimum atomic E-state index is 0.941. The van der Waals surface area contributed by atoms with Gasteiger partial charge in [0.2, 0.25) is 0 Å². The summed E-state index contributed by atoms with van der Waals surface area (Å²) in [6, 6.07) is 6.27. The molecule has 0 radical (unpaired) electrons. The lowest BCUT2D eigenvalue weighted by Crippen LogP contribution is -2.32. The Bertz CT molecular complexity index is 577. The third-order valence-electron chi connectivity index (χ3n) is 3.89. The average molecular weight is 273 g/mol. The van der Waals surface area contributed by atoms with Crippen LogP contribution in [0.2, 0.25) is 0 Å². The zero-order chi connectivity index (χ0) is 13.2. The van der Waals surface area contributed by atoms with Crippen LogP contribution in [0.25, 0.3) is 0 Å². The van der Waals surface area contributed by atoms with Gasteiger partial charge in [-0.05, 0) is 37.0 Å². The Morgan fingerprint density at radius 1 is 1.42 bits per heavy atom. The molecule has 0 fully saturated rings. The number of nitrogen functional groups attached to an aromatic ring is 1. The van der Waals surface area contributed by atoms with Crippen molar-refractivity contribution in [3.63, 3.8) is 0 Å². The van der Waals surface area contributed by atoms with Crippen LogP contribution in [-0.4, -0.2) is 23.0 Å². The second-order valence-corrected chi connectivity index (χ2v) is 6.06. The van der Waals surface area contributed by atoms with Gasteiger partial charge in [0.15, 0.2) is 0 Å². The number of hydrogen-bond acceptors (Lipinski definition) is 4. The summed E-state index contributed by atoms with van der Waals surface area (Å²) in [6.45, 7) is 5.31. The van der Waals surface area contributed by atoms with E-state index in [4.69, 9.17) is 5.73 Å². The molecular formula is C15H19N3S. The molecule has 1 aromatic heterocycles. The third-order valence-corrected chi connectivity index (χ3v) is 4.88. The van der Waals surface area contributed by atoms with Gasteiger partial charge in [-0.2, -0.15) is 0 Å². The minimum absolute atomic E-state index is 0.941. The van der Waals surface area contributed by atoms with Gasteiger partial charge in [-0.3, -0.25) is 4.90 Å². The van der Waals surface area contributed by atoms with Crippen molar-refractivity contribution < 1.29 is 0 Å². The van der Waals surface area contributed by atoms with Gasteiger partial charge in [0.1, 0.15) is 0 Å². The van der Waals surface area contributed by atoms with Crippen LogP contribution < -0.4 is 5.73 Å². The lowest BCUT2D eigenvalue weighted by atomic mass is 9.98. The number of aryl methyl sites for hydroxylation is 1. The normalized spacial score (nSPS) is 15.4. The summed E-state index contributed by atoms with van der Waals surface area (Å²) >= 11 is 1.76. The first-order chi connectivity index (χ1) is 9.24. The zero-order valence-corrected chi connectivity index (χ0v) is 12.0. The summed E-state index contributed by atoms with van der Waals surface area (Å²) in [6.07, 6.45) is 2.21. The summed E-state index contributed by atoms with van der Waals surface area (Å²) in [7, 11) is 0. The third kappa shape index (κ3) is 2.65. The summed E-state index contributed by atoms with van der Waals surface area (Å²) in [5, 5.41) is 0. The zero-order valence-electron chi connectivity index (χ0n) is 11.2. The van der Waals surface area contributed by atoms with E-state index in [1.165, 1.54) is 21.7 Å². The molecule has 19 heavy (non-hydrogen) atoms. The number of thiazole rings is 1. The highest BCUT2D eigenvalue weighted by atomic mass is 32.1. The summed E-state index contributed by atoms with van der Waals surface area (Å²) in [4.78, 5) is 8.22. The Labute approximate surface area is 118 Å². The maximum absolute atomic E-state index is 6.08. The molecule has 1 aromatic carbocycles. The molecule has 2 aromatic rings. The molecule has 0 amide bonds. The summed E-state index contributed by atoms with van der Waals surface area (Å²) in [5.41, 5.74) is 12.9. The van der Waals surface area contributed by atoms with E-state index in [9.17, 15) is 0 Å². The Hall–Kier alpha value is -1.39. The van der Waals surface area contributed by atoms with Gasteiger partial charge in [-0.15, -0.1) is 11.3 Å². The molecule has 1 aliphatic rings. The van der Waals surface area contributed by atoms with Crippen molar-refractivity contribution in [2.24, 2.45) is 0 Å². The number of nitrogens with two attached hydrogens (primary N) is 1. The molecule has 1 aliphatic heterocycles. The van der Waals surface area contributed by atoms with E-state index in [0.29, 0.717) is 0 Å². The fourth-order valence-electron chi connectivity index (χ4n) is 2.68. The Morgan fingerprint density at radius 3 is 3.11 bits per heavy atom. The average Bonchev–Trinajstić information content (AvgIpc) is 2.83. The second kappa shape index (κ2) is 5.31. The van der Waals surface area contributed by atoms with Gasteiger partial charge in [-0.1, -0.05) is 12.1 Å². The monoisotopic (exact) mass is 273 g/mol. The van der Waals surface area contributed by atoms with Crippen LogP contribution >= 0.6 is 11.3 Å². The van der Waals surface area contributed by atoms with Crippen LogP contribution in [0, 0.1) is 6.92 Å². The van der Waals surface area contributed by atoms with Crippen LogP contribution in [0.15, 0.2) is 23.7 Å². The van der Waals surface area contributed by atoms with Crippen molar-refractivity contribution in [1.29, 1.82) is 0 Å². The van der Waals surface area contributed by atoms with Crippen LogP contribution in [0.3, 0.4) is 0 Å². The van der Waals surface area contributed by atoms with Crippen molar-refractivity contribution in [1.82, 2.24) is 9.88 Å². The SMILES string of the molecule is Cc1ncsc1CCN1CCc2cccc(N)c2C1. The van der Waals surface area contributed by atoms with Gasteiger partial charge in [0.05, 0.1) is 11.2 Å².